The summed E-state index contributed by atoms with van der Waals surface area (Å²) in [5, 5.41) is 0. The Balaban J connectivity index is 2.13. The van der Waals surface area contributed by atoms with Crippen LogP contribution in [0.15, 0.2) is 54.6 Å². The van der Waals surface area contributed by atoms with Crippen LogP contribution >= 0.6 is 0 Å². The molecule has 20 heavy (non-hydrogen) atoms. The van der Waals surface area contributed by atoms with Crippen LogP contribution in [0.2, 0.25) is 0 Å². The van der Waals surface area contributed by atoms with Gasteiger partial charge in [-0.05, 0) is 29.8 Å². The fourth-order valence-electron chi connectivity index (χ4n) is 1.91. The summed E-state index contributed by atoms with van der Waals surface area (Å²) in [6.45, 7) is 1.19. The Morgan fingerprint density at radius 2 is 1.65 bits per heavy atom. The summed E-state index contributed by atoms with van der Waals surface area (Å²) in [6.07, 6.45) is -0.288. The van der Waals surface area contributed by atoms with Gasteiger partial charge in [0.1, 0.15) is 11.9 Å². The zero-order chi connectivity index (χ0) is 14.6. The Bertz CT molecular complexity index is 535. The molecule has 2 aromatic carbocycles. The van der Waals surface area contributed by atoms with E-state index >= 15 is 0 Å². The smallest absolute Gasteiger partial charge is 0.270 e. The van der Waals surface area contributed by atoms with Gasteiger partial charge < -0.3 is 10.5 Å². The predicted octanol–water partition coefficient (Wildman–Crippen LogP) is 3.88. The SMILES string of the molecule is CC(F)(F)c1ccc(OC(CN)c2ccccc2)cc1. The van der Waals surface area contributed by atoms with Gasteiger partial charge in [0.2, 0.25) is 0 Å². The lowest BCUT2D eigenvalue weighted by molar-refractivity contribution is 0.0174. The first-order valence-corrected chi connectivity index (χ1v) is 6.41. The maximum Gasteiger partial charge on any atom is 0.270 e. The molecular weight excluding hydrogens is 260 g/mol. The van der Waals surface area contributed by atoms with Crippen molar-refractivity contribution >= 4 is 0 Å². The van der Waals surface area contributed by atoms with E-state index in [1.807, 2.05) is 30.3 Å². The standard InChI is InChI=1S/C16H17F2NO/c1-16(17,18)13-7-9-14(10-8-13)20-15(11-19)12-5-3-2-4-6-12/h2-10,15H,11,19H2,1H3. The van der Waals surface area contributed by atoms with Crippen molar-refractivity contribution in [1.82, 2.24) is 0 Å². The zero-order valence-electron chi connectivity index (χ0n) is 11.2. The van der Waals surface area contributed by atoms with E-state index in [9.17, 15) is 8.78 Å². The average Bonchev–Trinajstić information content (AvgIpc) is 2.45. The molecule has 0 fully saturated rings. The fraction of sp³-hybridized carbons (Fsp3) is 0.250. The normalized spacial score (nSPS) is 13.0. The third kappa shape index (κ3) is 3.54. The van der Waals surface area contributed by atoms with Crippen molar-refractivity contribution < 1.29 is 13.5 Å². The number of ether oxygens (including phenoxy) is 1. The molecule has 2 rings (SSSR count). The molecule has 106 valence electrons. The summed E-state index contributed by atoms with van der Waals surface area (Å²) in [5.41, 5.74) is 6.63. The molecule has 0 aliphatic carbocycles. The molecule has 0 spiro atoms. The molecule has 0 heterocycles. The Kier molecular flexibility index (Phi) is 4.35. The van der Waals surface area contributed by atoms with E-state index in [1.54, 1.807) is 12.1 Å². The summed E-state index contributed by atoms with van der Waals surface area (Å²) in [4.78, 5) is 0. The summed E-state index contributed by atoms with van der Waals surface area (Å²) < 4.78 is 32.0. The highest BCUT2D eigenvalue weighted by Crippen LogP contribution is 2.29. The molecule has 0 saturated heterocycles. The maximum absolute atomic E-state index is 13.1. The highest BCUT2D eigenvalue weighted by Gasteiger charge is 2.24. The number of hydrogen-bond acceptors (Lipinski definition) is 2. The Morgan fingerprint density at radius 3 is 2.15 bits per heavy atom. The summed E-state index contributed by atoms with van der Waals surface area (Å²) in [5.74, 6) is -2.32. The minimum Gasteiger partial charge on any atom is -0.484 e. The Hall–Kier alpha value is -1.94. The molecule has 1 atom stereocenters. The molecule has 2 N–H and O–H groups in total. The number of benzene rings is 2. The zero-order valence-corrected chi connectivity index (χ0v) is 11.2. The summed E-state index contributed by atoms with van der Waals surface area (Å²) in [7, 11) is 0. The van der Waals surface area contributed by atoms with E-state index < -0.39 is 5.92 Å². The van der Waals surface area contributed by atoms with Crippen LogP contribution in [-0.4, -0.2) is 6.54 Å². The number of alkyl halides is 2. The lowest BCUT2D eigenvalue weighted by Gasteiger charge is -2.18. The molecular formula is C16H17F2NO. The second-order valence-electron chi connectivity index (χ2n) is 4.67. The second-order valence-corrected chi connectivity index (χ2v) is 4.67. The monoisotopic (exact) mass is 277 g/mol. The topological polar surface area (TPSA) is 35.2 Å². The van der Waals surface area contributed by atoms with Gasteiger partial charge in [-0.2, -0.15) is 0 Å². The van der Waals surface area contributed by atoms with E-state index in [4.69, 9.17) is 10.5 Å². The lowest BCUT2D eigenvalue weighted by Crippen LogP contribution is -2.18. The highest BCUT2D eigenvalue weighted by molar-refractivity contribution is 5.30. The summed E-state index contributed by atoms with van der Waals surface area (Å²) in [6, 6.07) is 15.4. The predicted molar refractivity (Wildman–Crippen MR) is 74.9 cm³/mol. The molecule has 2 aromatic rings. The third-order valence-corrected chi connectivity index (χ3v) is 3.02. The van der Waals surface area contributed by atoms with E-state index in [0.29, 0.717) is 12.3 Å². The van der Waals surface area contributed by atoms with Crippen LogP contribution in [0.1, 0.15) is 24.2 Å². The van der Waals surface area contributed by atoms with Gasteiger partial charge in [-0.1, -0.05) is 30.3 Å². The minimum atomic E-state index is -2.84. The fourth-order valence-corrected chi connectivity index (χ4v) is 1.91. The van der Waals surface area contributed by atoms with Crippen LogP contribution in [0.4, 0.5) is 8.78 Å². The van der Waals surface area contributed by atoms with Crippen LogP contribution in [0.25, 0.3) is 0 Å². The van der Waals surface area contributed by atoms with Gasteiger partial charge in [-0.3, -0.25) is 0 Å². The molecule has 0 amide bonds. The van der Waals surface area contributed by atoms with Crippen molar-refractivity contribution in [3.8, 4) is 5.75 Å². The van der Waals surface area contributed by atoms with Crippen molar-refractivity contribution in [2.45, 2.75) is 19.0 Å². The van der Waals surface area contributed by atoms with Gasteiger partial charge in [0.05, 0.1) is 0 Å². The van der Waals surface area contributed by atoms with Gasteiger partial charge in [0.15, 0.2) is 0 Å². The molecule has 0 aliphatic rings. The Morgan fingerprint density at radius 1 is 1.05 bits per heavy atom. The van der Waals surface area contributed by atoms with Crippen LogP contribution in [0.5, 0.6) is 5.75 Å². The third-order valence-electron chi connectivity index (χ3n) is 3.02. The Labute approximate surface area is 117 Å². The lowest BCUT2D eigenvalue weighted by atomic mass is 10.1. The first kappa shape index (κ1) is 14.5. The van der Waals surface area contributed by atoms with E-state index in [-0.39, 0.29) is 11.7 Å². The average molecular weight is 277 g/mol. The van der Waals surface area contributed by atoms with E-state index in [2.05, 4.69) is 0 Å². The van der Waals surface area contributed by atoms with Crippen molar-refractivity contribution in [3.63, 3.8) is 0 Å². The summed E-state index contributed by atoms with van der Waals surface area (Å²) >= 11 is 0. The first-order valence-electron chi connectivity index (χ1n) is 6.41. The molecule has 1 unspecified atom stereocenters. The van der Waals surface area contributed by atoms with Crippen molar-refractivity contribution in [2.75, 3.05) is 6.54 Å². The van der Waals surface area contributed by atoms with Gasteiger partial charge in [0, 0.05) is 19.0 Å². The highest BCUT2D eigenvalue weighted by atomic mass is 19.3. The van der Waals surface area contributed by atoms with Crippen molar-refractivity contribution in [3.05, 3.63) is 65.7 Å². The van der Waals surface area contributed by atoms with E-state index in [1.165, 1.54) is 12.1 Å². The number of halogens is 2. The molecule has 0 aliphatic heterocycles. The van der Waals surface area contributed by atoms with Crippen molar-refractivity contribution in [2.24, 2.45) is 5.73 Å². The van der Waals surface area contributed by atoms with Crippen LogP contribution in [-0.2, 0) is 5.92 Å². The number of rotatable bonds is 5. The molecule has 0 bridgehead atoms. The van der Waals surface area contributed by atoms with Gasteiger partial charge >= 0.3 is 0 Å². The maximum atomic E-state index is 13.1. The van der Waals surface area contributed by atoms with Crippen LogP contribution in [0.3, 0.4) is 0 Å². The van der Waals surface area contributed by atoms with E-state index in [0.717, 1.165) is 12.5 Å². The van der Waals surface area contributed by atoms with Gasteiger partial charge in [-0.15, -0.1) is 0 Å². The quantitative estimate of drug-likeness (QED) is 0.900. The van der Waals surface area contributed by atoms with Crippen LogP contribution < -0.4 is 10.5 Å². The number of hydrogen-bond donors (Lipinski definition) is 1. The van der Waals surface area contributed by atoms with Crippen LogP contribution in [0, 0.1) is 0 Å². The largest absolute Gasteiger partial charge is 0.484 e. The molecule has 0 radical (unpaired) electrons. The molecule has 4 heteroatoms. The molecule has 2 nitrogen and oxygen atoms in total. The van der Waals surface area contributed by atoms with Crippen molar-refractivity contribution in [1.29, 1.82) is 0 Å². The first-order chi connectivity index (χ1) is 9.50. The second kappa shape index (κ2) is 6.01. The van der Waals surface area contributed by atoms with Gasteiger partial charge in [-0.25, -0.2) is 8.78 Å². The number of nitrogens with two attached hydrogens (primary N) is 1. The minimum absolute atomic E-state index is 0.0335. The molecule has 0 saturated carbocycles. The molecule has 0 aromatic heterocycles. The van der Waals surface area contributed by atoms with Gasteiger partial charge in [0.25, 0.3) is 5.92 Å².